The van der Waals surface area contributed by atoms with Crippen LogP contribution in [0, 0.1) is 11.3 Å². The zero-order valence-electron chi connectivity index (χ0n) is 19.6. The third kappa shape index (κ3) is 4.83. The third-order valence-corrected chi connectivity index (χ3v) is 7.17. The van der Waals surface area contributed by atoms with Crippen molar-refractivity contribution >= 4 is 11.9 Å². The number of aromatic nitrogens is 2. The molecule has 2 heterocycles. The van der Waals surface area contributed by atoms with E-state index in [4.69, 9.17) is 9.26 Å². The number of fused-ring (bicyclic) bond motifs is 1. The molecule has 3 aromatic rings. The zero-order valence-corrected chi connectivity index (χ0v) is 20.4. The average molecular weight is 476 g/mol. The molecule has 1 aliphatic carbocycles. The van der Waals surface area contributed by atoms with Gasteiger partial charge in [0.05, 0.1) is 11.7 Å². The molecule has 0 saturated carbocycles. The first-order chi connectivity index (χ1) is 16.6. The second-order valence-corrected chi connectivity index (χ2v) is 9.97. The maximum absolute atomic E-state index is 9.53. The van der Waals surface area contributed by atoms with Gasteiger partial charge in [0.1, 0.15) is 11.8 Å². The molecule has 2 aliphatic rings. The highest BCUT2D eigenvalue weighted by atomic mass is 32.2. The lowest BCUT2D eigenvalue weighted by molar-refractivity contribution is 0.194. The number of ether oxygens (including phenoxy) is 1. The Bertz CT molecular complexity index is 1200. The Morgan fingerprint density at radius 3 is 2.94 bits per heavy atom. The van der Waals surface area contributed by atoms with E-state index in [0.29, 0.717) is 34.6 Å². The SMILES string of the molecule is CC(C)Oc1ccc(-c2nc(-c3cccc4c3CCC4NSCCN3CCC3)no2)cc1C#N. The van der Waals surface area contributed by atoms with Crippen LogP contribution >= 0.6 is 11.9 Å². The second kappa shape index (κ2) is 10.2. The van der Waals surface area contributed by atoms with E-state index in [1.807, 2.05) is 31.9 Å². The van der Waals surface area contributed by atoms with Crippen molar-refractivity contribution in [3.63, 3.8) is 0 Å². The number of benzene rings is 2. The van der Waals surface area contributed by atoms with Crippen LogP contribution < -0.4 is 9.46 Å². The van der Waals surface area contributed by atoms with E-state index in [0.717, 1.165) is 30.7 Å². The van der Waals surface area contributed by atoms with E-state index in [2.05, 4.69) is 44.0 Å². The van der Waals surface area contributed by atoms with Crippen LogP contribution in [0.15, 0.2) is 40.9 Å². The maximum atomic E-state index is 9.53. The molecule has 0 amide bonds. The van der Waals surface area contributed by atoms with Crippen LogP contribution in [0.3, 0.4) is 0 Å². The summed E-state index contributed by atoms with van der Waals surface area (Å²) in [6, 6.07) is 14.2. The summed E-state index contributed by atoms with van der Waals surface area (Å²) in [5.41, 5.74) is 4.78. The normalized spacial score (nSPS) is 17.4. The van der Waals surface area contributed by atoms with E-state index in [-0.39, 0.29) is 6.10 Å². The quantitative estimate of drug-likeness (QED) is 0.342. The van der Waals surface area contributed by atoms with Crippen LogP contribution in [0.25, 0.3) is 22.8 Å². The summed E-state index contributed by atoms with van der Waals surface area (Å²) in [4.78, 5) is 7.16. The van der Waals surface area contributed by atoms with Crippen molar-refractivity contribution in [3.05, 3.63) is 53.1 Å². The molecule has 176 valence electrons. The fraction of sp³-hybridized carbons (Fsp3) is 0.423. The van der Waals surface area contributed by atoms with Crippen LogP contribution in [0.5, 0.6) is 5.75 Å². The lowest BCUT2D eigenvalue weighted by Crippen LogP contribution is -2.38. The van der Waals surface area contributed by atoms with Crippen molar-refractivity contribution in [2.45, 2.75) is 45.3 Å². The average Bonchev–Trinajstić information content (AvgIpc) is 3.45. The summed E-state index contributed by atoms with van der Waals surface area (Å²) in [7, 11) is 0. The number of likely N-dealkylation sites (tertiary alicyclic amines) is 1. The molecular weight excluding hydrogens is 446 g/mol. The molecule has 1 saturated heterocycles. The van der Waals surface area contributed by atoms with E-state index in [9.17, 15) is 5.26 Å². The highest BCUT2D eigenvalue weighted by Crippen LogP contribution is 2.38. The van der Waals surface area contributed by atoms with E-state index in [1.165, 1.54) is 30.6 Å². The molecule has 8 heteroatoms. The molecule has 0 bridgehead atoms. The summed E-state index contributed by atoms with van der Waals surface area (Å²) in [5, 5.41) is 13.8. The van der Waals surface area contributed by atoms with Gasteiger partial charge < -0.3 is 14.2 Å². The number of nitrogens with one attached hydrogen (secondary N) is 1. The Morgan fingerprint density at radius 2 is 2.18 bits per heavy atom. The Hall–Kier alpha value is -2.86. The molecule has 5 rings (SSSR count). The van der Waals surface area contributed by atoms with Crippen molar-refractivity contribution in [1.29, 1.82) is 5.26 Å². The Kier molecular flexibility index (Phi) is 6.86. The molecule has 2 aromatic carbocycles. The molecular formula is C26H29N5O2S. The minimum Gasteiger partial charge on any atom is -0.490 e. The molecule has 1 unspecified atom stereocenters. The third-order valence-electron chi connectivity index (χ3n) is 6.33. The van der Waals surface area contributed by atoms with Gasteiger partial charge in [0, 0.05) is 29.5 Å². The molecule has 1 atom stereocenters. The number of nitrogens with zero attached hydrogens (tertiary/aromatic N) is 4. The topological polar surface area (TPSA) is 87.2 Å². The van der Waals surface area contributed by atoms with Gasteiger partial charge in [-0.2, -0.15) is 10.2 Å². The van der Waals surface area contributed by atoms with Crippen LogP contribution in [-0.4, -0.2) is 46.5 Å². The van der Waals surface area contributed by atoms with Crippen LogP contribution in [0.1, 0.15) is 49.4 Å². The first kappa shape index (κ1) is 22.9. The van der Waals surface area contributed by atoms with Crippen molar-refractivity contribution < 1.29 is 9.26 Å². The highest BCUT2D eigenvalue weighted by molar-refractivity contribution is 7.97. The van der Waals surface area contributed by atoms with Gasteiger partial charge in [-0.15, -0.1) is 0 Å². The fourth-order valence-corrected chi connectivity index (χ4v) is 5.40. The van der Waals surface area contributed by atoms with E-state index >= 15 is 0 Å². The summed E-state index contributed by atoms with van der Waals surface area (Å²) < 4.78 is 15.0. The Labute approximate surface area is 204 Å². The minimum atomic E-state index is -0.00891. The van der Waals surface area contributed by atoms with E-state index < -0.39 is 0 Å². The molecule has 34 heavy (non-hydrogen) atoms. The number of hydrogen-bond acceptors (Lipinski definition) is 8. The van der Waals surface area contributed by atoms with Crippen molar-refractivity contribution in [2.75, 3.05) is 25.4 Å². The Morgan fingerprint density at radius 1 is 1.29 bits per heavy atom. The van der Waals surface area contributed by atoms with Gasteiger partial charge in [0.2, 0.25) is 5.82 Å². The first-order valence-corrected chi connectivity index (χ1v) is 12.9. The fourth-order valence-electron chi connectivity index (χ4n) is 4.48. The standard InChI is InChI=1S/C26H29N5O2S/c1-17(2)32-24-10-7-18(15-19(24)16-27)26-28-25(29-33-26)22-6-3-5-21-20(22)8-9-23(21)30-34-14-13-31-11-4-12-31/h3,5-7,10,15,17,23,30H,4,8-9,11-14H2,1-2H3. The van der Waals surface area contributed by atoms with Gasteiger partial charge in [0.25, 0.3) is 5.89 Å². The Balaban J connectivity index is 1.31. The molecule has 1 N–H and O–H groups in total. The predicted octanol–water partition coefficient (Wildman–Crippen LogP) is 4.99. The van der Waals surface area contributed by atoms with Gasteiger partial charge in [-0.05, 0) is 75.5 Å². The van der Waals surface area contributed by atoms with Gasteiger partial charge >= 0.3 is 0 Å². The molecule has 1 aromatic heterocycles. The predicted molar refractivity (Wildman–Crippen MR) is 133 cm³/mol. The number of rotatable bonds is 9. The number of nitriles is 1. The van der Waals surface area contributed by atoms with Crippen molar-refractivity contribution in [3.8, 4) is 34.7 Å². The van der Waals surface area contributed by atoms with Crippen LogP contribution in [0.4, 0.5) is 0 Å². The van der Waals surface area contributed by atoms with Gasteiger partial charge in [-0.1, -0.05) is 35.3 Å². The molecule has 1 fully saturated rings. The molecule has 0 radical (unpaired) electrons. The largest absolute Gasteiger partial charge is 0.490 e. The molecule has 0 spiro atoms. The van der Waals surface area contributed by atoms with Crippen molar-refractivity contribution in [2.24, 2.45) is 0 Å². The van der Waals surface area contributed by atoms with Gasteiger partial charge in [-0.25, -0.2) is 0 Å². The summed E-state index contributed by atoms with van der Waals surface area (Å²) >= 11 is 1.82. The summed E-state index contributed by atoms with van der Waals surface area (Å²) in [6.45, 7) is 7.52. The van der Waals surface area contributed by atoms with Crippen molar-refractivity contribution in [1.82, 2.24) is 19.8 Å². The maximum Gasteiger partial charge on any atom is 0.258 e. The molecule has 1 aliphatic heterocycles. The minimum absolute atomic E-state index is 0.00891. The molecule has 7 nitrogen and oxygen atoms in total. The highest BCUT2D eigenvalue weighted by Gasteiger charge is 2.26. The summed E-state index contributed by atoms with van der Waals surface area (Å²) in [6.07, 6.45) is 3.38. The number of hydrogen-bond donors (Lipinski definition) is 1. The van der Waals surface area contributed by atoms with E-state index in [1.54, 1.807) is 12.1 Å². The van der Waals surface area contributed by atoms with Crippen LogP contribution in [0.2, 0.25) is 0 Å². The van der Waals surface area contributed by atoms with Gasteiger partial charge in [-0.3, -0.25) is 4.72 Å². The monoisotopic (exact) mass is 475 g/mol. The lowest BCUT2D eigenvalue weighted by Gasteiger charge is -2.30. The summed E-state index contributed by atoms with van der Waals surface area (Å²) in [5.74, 6) is 2.64. The smallest absolute Gasteiger partial charge is 0.258 e. The second-order valence-electron chi connectivity index (χ2n) is 9.04. The van der Waals surface area contributed by atoms with Crippen LogP contribution in [-0.2, 0) is 6.42 Å². The lowest BCUT2D eigenvalue weighted by atomic mass is 10.0. The van der Waals surface area contributed by atoms with Gasteiger partial charge in [0.15, 0.2) is 0 Å². The zero-order chi connectivity index (χ0) is 23.5. The first-order valence-electron chi connectivity index (χ1n) is 11.9.